The summed E-state index contributed by atoms with van der Waals surface area (Å²) in [6.45, 7) is 10.2. The first-order chi connectivity index (χ1) is 28.9. The van der Waals surface area contributed by atoms with Crippen LogP contribution in [0.3, 0.4) is 0 Å². The van der Waals surface area contributed by atoms with Crippen molar-refractivity contribution in [1.82, 2.24) is 39.3 Å². The maximum atomic E-state index is 12.0. The van der Waals surface area contributed by atoms with Gasteiger partial charge in [-0.2, -0.15) is 9.97 Å². The molecule has 0 bridgehead atoms. The van der Waals surface area contributed by atoms with E-state index in [0.29, 0.717) is 25.6 Å². The lowest BCUT2D eigenvalue weighted by Gasteiger charge is -2.29. The molecule has 11 nitrogen and oxygen atoms in total. The SMILES string of the molecule is CC(=O)N1CCc2c(nc(-n3c(C)cc4ccccc43)nc2NCc2ccccc2)C1.Cc1cc2ccccc2n1-c1nc2c(c(NCc3ccccc3)n1)CCNC2. The van der Waals surface area contributed by atoms with Gasteiger partial charge in [0.25, 0.3) is 0 Å². The summed E-state index contributed by atoms with van der Waals surface area (Å²) >= 11 is 0. The quantitative estimate of drug-likeness (QED) is 0.141. The minimum Gasteiger partial charge on any atom is -0.366 e. The number of nitrogens with zero attached hydrogens (tertiary/aromatic N) is 7. The minimum atomic E-state index is 0.0761. The Labute approximate surface area is 344 Å². The van der Waals surface area contributed by atoms with Gasteiger partial charge < -0.3 is 20.9 Å². The number of amides is 1. The highest BCUT2D eigenvalue weighted by Gasteiger charge is 2.25. The van der Waals surface area contributed by atoms with Gasteiger partial charge in [-0.3, -0.25) is 13.9 Å². The molecule has 0 saturated heterocycles. The first-order valence-electron chi connectivity index (χ1n) is 20.4. The molecule has 4 aromatic heterocycles. The molecule has 10 rings (SSSR count). The molecular formula is C48H48N10O. The predicted octanol–water partition coefficient (Wildman–Crippen LogP) is 8.23. The Bertz CT molecular complexity index is 2780. The molecule has 296 valence electrons. The standard InChI is InChI=1S/C25H25N5O.C23H23N5/c1-17-14-20-10-6-7-11-23(20)30(17)25-27-22-16-29(18(2)31)13-12-21(22)24(28-25)26-15-19-8-4-3-5-9-19;1-16-13-18-9-5-6-10-21(18)28(16)23-26-20-15-24-12-11-19(20)22(27-23)25-14-17-7-3-2-4-8-17/h3-11,14H,12-13,15-16H2,1-2H3,(H,26,27,28);2-10,13,24H,11-12,14-15H2,1H3,(H,25,26,27). The zero-order chi connectivity index (χ0) is 40.3. The number of benzene rings is 4. The van der Waals surface area contributed by atoms with Crippen LogP contribution in [0.1, 0.15) is 52.0 Å². The molecule has 0 radical (unpaired) electrons. The summed E-state index contributed by atoms with van der Waals surface area (Å²) in [6, 6.07) is 41.7. The number of rotatable bonds is 8. The van der Waals surface area contributed by atoms with Crippen molar-refractivity contribution in [2.24, 2.45) is 0 Å². The zero-order valence-electron chi connectivity index (χ0n) is 33.7. The van der Waals surface area contributed by atoms with Crippen LogP contribution in [0.4, 0.5) is 11.6 Å². The van der Waals surface area contributed by atoms with Gasteiger partial charge >= 0.3 is 0 Å². The van der Waals surface area contributed by atoms with Crippen molar-refractivity contribution in [3.63, 3.8) is 0 Å². The highest BCUT2D eigenvalue weighted by molar-refractivity contribution is 5.83. The van der Waals surface area contributed by atoms with E-state index in [1.54, 1.807) is 6.92 Å². The van der Waals surface area contributed by atoms with Gasteiger partial charge in [-0.05, 0) is 68.6 Å². The summed E-state index contributed by atoms with van der Waals surface area (Å²) < 4.78 is 4.24. The first-order valence-corrected chi connectivity index (χ1v) is 20.4. The number of aryl methyl sites for hydroxylation is 2. The van der Waals surface area contributed by atoms with E-state index in [-0.39, 0.29) is 5.91 Å². The predicted molar refractivity (Wildman–Crippen MR) is 235 cm³/mol. The molecule has 8 aromatic rings. The van der Waals surface area contributed by atoms with Crippen molar-refractivity contribution in [1.29, 1.82) is 0 Å². The topological polar surface area (TPSA) is 118 Å². The molecule has 0 fully saturated rings. The van der Waals surface area contributed by atoms with Crippen molar-refractivity contribution >= 4 is 39.3 Å². The van der Waals surface area contributed by atoms with E-state index in [0.717, 1.165) is 94.8 Å². The van der Waals surface area contributed by atoms with Crippen LogP contribution in [-0.2, 0) is 43.8 Å². The van der Waals surface area contributed by atoms with Crippen LogP contribution in [0.25, 0.3) is 33.7 Å². The first kappa shape index (κ1) is 37.7. The van der Waals surface area contributed by atoms with E-state index in [1.807, 2.05) is 41.3 Å². The van der Waals surface area contributed by atoms with Crippen molar-refractivity contribution in [2.45, 2.75) is 59.8 Å². The van der Waals surface area contributed by atoms with Crippen molar-refractivity contribution in [3.8, 4) is 11.9 Å². The summed E-state index contributed by atoms with van der Waals surface area (Å²) in [6.07, 6.45) is 1.69. The van der Waals surface area contributed by atoms with E-state index in [1.165, 1.54) is 22.1 Å². The van der Waals surface area contributed by atoms with E-state index >= 15 is 0 Å². The Morgan fingerprint density at radius 3 is 1.66 bits per heavy atom. The van der Waals surface area contributed by atoms with Crippen LogP contribution in [0.5, 0.6) is 0 Å². The van der Waals surface area contributed by atoms with Crippen LogP contribution in [-0.4, -0.2) is 53.0 Å². The third-order valence-corrected chi connectivity index (χ3v) is 11.2. The molecule has 0 unspecified atom stereocenters. The summed E-state index contributed by atoms with van der Waals surface area (Å²) in [5.74, 6) is 3.24. The number of carbonyl (C=O) groups excluding carboxylic acids is 1. The van der Waals surface area contributed by atoms with Gasteiger partial charge in [-0.15, -0.1) is 0 Å². The molecule has 0 aliphatic carbocycles. The van der Waals surface area contributed by atoms with Crippen LogP contribution in [0.15, 0.2) is 121 Å². The molecule has 3 N–H and O–H groups in total. The second kappa shape index (κ2) is 16.6. The van der Waals surface area contributed by atoms with E-state index in [9.17, 15) is 4.79 Å². The summed E-state index contributed by atoms with van der Waals surface area (Å²) in [7, 11) is 0. The van der Waals surface area contributed by atoms with Crippen LogP contribution < -0.4 is 16.0 Å². The van der Waals surface area contributed by atoms with E-state index < -0.39 is 0 Å². The molecule has 6 heterocycles. The molecule has 0 spiro atoms. The van der Waals surface area contributed by atoms with E-state index in [4.69, 9.17) is 19.9 Å². The molecule has 1 amide bonds. The second-order valence-corrected chi connectivity index (χ2v) is 15.3. The number of carbonyl (C=O) groups is 1. The smallest absolute Gasteiger partial charge is 0.236 e. The lowest BCUT2D eigenvalue weighted by molar-refractivity contribution is -0.129. The maximum Gasteiger partial charge on any atom is 0.236 e. The van der Waals surface area contributed by atoms with Crippen LogP contribution in [0, 0.1) is 13.8 Å². The number of hydrogen-bond acceptors (Lipinski definition) is 8. The molecule has 0 atom stereocenters. The lowest BCUT2D eigenvalue weighted by atomic mass is 10.1. The summed E-state index contributed by atoms with van der Waals surface area (Å²) in [5, 5.41) is 12.9. The Morgan fingerprint density at radius 1 is 0.627 bits per heavy atom. The van der Waals surface area contributed by atoms with Gasteiger partial charge in [0.15, 0.2) is 0 Å². The Kier molecular flexibility index (Phi) is 10.6. The van der Waals surface area contributed by atoms with Gasteiger partial charge in [0.05, 0.1) is 29.0 Å². The van der Waals surface area contributed by atoms with Gasteiger partial charge in [0, 0.05) is 66.4 Å². The van der Waals surface area contributed by atoms with Crippen LogP contribution >= 0.6 is 0 Å². The van der Waals surface area contributed by atoms with Crippen LogP contribution in [0.2, 0.25) is 0 Å². The Morgan fingerprint density at radius 2 is 1.12 bits per heavy atom. The fourth-order valence-electron chi connectivity index (χ4n) is 8.20. The molecule has 59 heavy (non-hydrogen) atoms. The van der Waals surface area contributed by atoms with E-state index in [2.05, 4.69) is 124 Å². The maximum absolute atomic E-state index is 12.0. The highest BCUT2D eigenvalue weighted by atomic mass is 16.2. The normalized spacial score (nSPS) is 13.4. The number of hydrogen-bond donors (Lipinski definition) is 3. The number of anilines is 2. The number of aromatic nitrogens is 6. The fourth-order valence-corrected chi connectivity index (χ4v) is 8.20. The molecular weight excluding hydrogens is 733 g/mol. The van der Waals surface area contributed by atoms with Crippen molar-refractivity contribution in [3.05, 3.63) is 166 Å². The monoisotopic (exact) mass is 780 g/mol. The average molecular weight is 781 g/mol. The van der Waals surface area contributed by atoms with Gasteiger partial charge in [0.1, 0.15) is 11.6 Å². The Hall–Kier alpha value is -6.85. The third-order valence-electron chi connectivity index (χ3n) is 11.2. The molecule has 4 aromatic carbocycles. The van der Waals surface area contributed by atoms with Crippen molar-refractivity contribution in [2.75, 3.05) is 23.7 Å². The average Bonchev–Trinajstić information content (AvgIpc) is 3.80. The van der Waals surface area contributed by atoms with Gasteiger partial charge in [0.2, 0.25) is 17.8 Å². The van der Waals surface area contributed by atoms with Gasteiger partial charge in [-0.1, -0.05) is 97.1 Å². The highest BCUT2D eigenvalue weighted by Crippen LogP contribution is 2.30. The largest absolute Gasteiger partial charge is 0.366 e. The minimum absolute atomic E-state index is 0.0761. The molecule has 11 heteroatoms. The number of nitrogens with one attached hydrogen (secondary N) is 3. The van der Waals surface area contributed by atoms with Gasteiger partial charge in [-0.25, -0.2) is 9.97 Å². The summed E-state index contributed by atoms with van der Waals surface area (Å²) in [5.41, 5.74) is 11.2. The number of fused-ring (bicyclic) bond motifs is 4. The zero-order valence-corrected chi connectivity index (χ0v) is 33.7. The molecule has 2 aliphatic heterocycles. The third kappa shape index (κ3) is 7.89. The number of para-hydroxylation sites is 2. The summed E-state index contributed by atoms with van der Waals surface area (Å²) in [4.78, 5) is 33.7. The molecule has 0 saturated carbocycles. The Balaban J connectivity index is 0.000000153. The fraction of sp³-hybridized carbons (Fsp3) is 0.229. The second-order valence-electron chi connectivity index (χ2n) is 15.3. The van der Waals surface area contributed by atoms with Crippen molar-refractivity contribution < 1.29 is 4.79 Å². The lowest BCUT2D eigenvalue weighted by Crippen LogP contribution is -2.35. The molecule has 2 aliphatic rings.